The lowest BCUT2D eigenvalue weighted by molar-refractivity contribution is 0.450. The van der Waals surface area contributed by atoms with E-state index in [-0.39, 0.29) is 17.1 Å². The monoisotopic (exact) mass is 230 g/mol. The van der Waals surface area contributed by atoms with Gasteiger partial charge in [0.05, 0.1) is 11.3 Å². The average Bonchev–Trinajstić information content (AvgIpc) is 2.59. The van der Waals surface area contributed by atoms with Gasteiger partial charge in [0, 0.05) is 24.7 Å². The number of nitrogen functional groups attached to an aromatic ring is 1. The molecule has 0 saturated heterocycles. The second-order valence-electron chi connectivity index (χ2n) is 3.58. The third kappa shape index (κ3) is 1.74. The van der Waals surface area contributed by atoms with Crippen molar-refractivity contribution < 1.29 is 10.2 Å². The largest absolute Gasteiger partial charge is 0.507 e. The molecule has 6 nitrogen and oxygen atoms in total. The van der Waals surface area contributed by atoms with Crippen LogP contribution in [0.3, 0.4) is 0 Å². The van der Waals surface area contributed by atoms with Gasteiger partial charge >= 0.3 is 0 Å². The maximum atomic E-state index is 9.71. The van der Waals surface area contributed by atoms with Gasteiger partial charge in [0.1, 0.15) is 23.4 Å². The van der Waals surface area contributed by atoms with Gasteiger partial charge in [0.25, 0.3) is 0 Å². The zero-order valence-corrected chi connectivity index (χ0v) is 9.05. The molecule has 17 heavy (non-hydrogen) atoms. The van der Waals surface area contributed by atoms with Crippen LogP contribution in [0, 0.1) is 11.3 Å². The van der Waals surface area contributed by atoms with Crippen LogP contribution < -0.4 is 5.73 Å². The van der Waals surface area contributed by atoms with Crippen LogP contribution in [0.5, 0.6) is 11.5 Å². The zero-order chi connectivity index (χ0) is 12.6. The van der Waals surface area contributed by atoms with Crippen molar-refractivity contribution in [3.05, 3.63) is 23.8 Å². The van der Waals surface area contributed by atoms with Crippen LogP contribution in [0.4, 0.5) is 5.82 Å². The van der Waals surface area contributed by atoms with Crippen molar-refractivity contribution in [2.24, 2.45) is 7.05 Å². The second-order valence-corrected chi connectivity index (χ2v) is 3.58. The number of hydrogen-bond acceptors (Lipinski definition) is 5. The number of aromatic nitrogens is 2. The van der Waals surface area contributed by atoms with Gasteiger partial charge in [0.2, 0.25) is 0 Å². The van der Waals surface area contributed by atoms with Gasteiger partial charge in [-0.3, -0.25) is 4.68 Å². The third-order valence-corrected chi connectivity index (χ3v) is 2.43. The number of nitriles is 1. The quantitative estimate of drug-likeness (QED) is 0.676. The summed E-state index contributed by atoms with van der Waals surface area (Å²) < 4.78 is 1.45. The molecule has 1 aromatic carbocycles. The van der Waals surface area contributed by atoms with Crippen molar-refractivity contribution in [3.8, 4) is 28.8 Å². The van der Waals surface area contributed by atoms with Gasteiger partial charge in [-0.05, 0) is 6.07 Å². The van der Waals surface area contributed by atoms with Gasteiger partial charge < -0.3 is 15.9 Å². The molecule has 0 aliphatic heterocycles. The fraction of sp³-hybridized carbons (Fsp3) is 0.0909. The van der Waals surface area contributed by atoms with E-state index in [4.69, 9.17) is 11.0 Å². The van der Waals surface area contributed by atoms with Crippen molar-refractivity contribution in [1.82, 2.24) is 9.78 Å². The van der Waals surface area contributed by atoms with Gasteiger partial charge in [-0.2, -0.15) is 10.4 Å². The second kappa shape index (κ2) is 3.72. The van der Waals surface area contributed by atoms with Gasteiger partial charge in [-0.1, -0.05) is 0 Å². The highest BCUT2D eigenvalue weighted by atomic mass is 16.3. The Morgan fingerprint density at radius 3 is 2.53 bits per heavy atom. The normalized spacial score (nSPS) is 10.1. The van der Waals surface area contributed by atoms with Gasteiger partial charge in [-0.25, -0.2) is 0 Å². The Labute approximate surface area is 97.1 Å². The summed E-state index contributed by atoms with van der Waals surface area (Å²) in [5.74, 6) is 0.0169. The summed E-state index contributed by atoms with van der Waals surface area (Å²) in [5.41, 5.74) is 6.50. The number of hydrogen-bond donors (Lipinski definition) is 3. The maximum Gasteiger partial charge on any atom is 0.137 e. The molecule has 2 rings (SSSR count). The van der Waals surface area contributed by atoms with Gasteiger partial charge in [-0.15, -0.1) is 0 Å². The zero-order valence-electron chi connectivity index (χ0n) is 9.05. The highest BCUT2D eigenvalue weighted by Gasteiger charge is 2.13. The molecule has 0 atom stereocenters. The van der Waals surface area contributed by atoms with E-state index in [1.54, 1.807) is 13.1 Å². The first-order valence-corrected chi connectivity index (χ1v) is 4.79. The number of aromatic hydroxyl groups is 2. The minimum Gasteiger partial charge on any atom is -0.507 e. The molecule has 0 saturated carbocycles. The van der Waals surface area contributed by atoms with Crippen molar-refractivity contribution >= 4 is 5.82 Å². The Morgan fingerprint density at radius 2 is 2.00 bits per heavy atom. The number of rotatable bonds is 1. The fourth-order valence-corrected chi connectivity index (χ4v) is 1.49. The van der Waals surface area contributed by atoms with Crippen molar-refractivity contribution in [2.75, 3.05) is 5.73 Å². The summed E-state index contributed by atoms with van der Waals surface area (Å²) in [7, 11) is 1.67. The third-order valence-electron chi connectivity index (χ3n) is 2.43. The number of anilines is 1. The summed E-state index contributed by atoms with van der Waals surface area (Å²) in [6, 6.07) is 5.88. The lowest BCUT2D eigenvalue weighted by Gasteiger charge is -2.03. The van der Waals surface area contributed by atoms with Crippen LogP contribution in [0.1, 0.15) is 5.56 Å². The standard InChI is InChI=1S/C11H10N4O2/c1-15-11(13)3-8(14-15)7-2-6(5-12)9(16)4-10(7)17/h2-4,16-17H,13H2,1H3. The Bertz CT molecular complexity index is 606. The topological polar surface area (TPSA) is 108 Å². The summed E-state index contributed by atoms with van der Waals surface area (Å²) in [6.45, 7) is 0. The smallest absolute Gasteiger partial charge is 0.137 e. The number of benzene rings is 1. The molecular weight excluding hydrogens is 220 g/mol. The molecule has 1 heterocycles. The van der Waals surface area contributed by atoms with E-state index in [1.807, 2.05) is 6.07 Å². The molecule has 0 aliphatic carbocycles. The van der Waals surface area contributed by atoms with Crippen molar-refractivity contribution in [3.63, 3.8) is 0 Å². The Balaban J connectivity index is 2.63. The SMILES string of the molecule is Cn1nc(-c2cc(C#N)c(O)cc2O)cc1N. The Kier molecular flexibility index (Phi) is 2.37. The van der Waals surface area contributed by atoms with Crippen LogP contribution in [0.25, 0.3) is 11.3 Å². The summed E-state index contributed by atoms with van der Waals surface area (Å²) in [4.78, 5) is 0. The molecule has 0 bridgehead atoms. The molecular formula is C11H10N4O2. The molecule has 0 aliphatic rings. The van der Waals surface area contributed by atoms with Crippen LogP contribution in [0.2, 0.25) is 0 Å². The first-order valence-electron chi connectivity index (χ1n) is 4.79. The number of phenolic OH excluding ortho intramolecular Hbond substituents is 2. The summed E-state index contributed by atoms with van der Waals surface area (Å²) in [5, 5.41) is 32.0. The van der Waals surface area contributed by atoms with E-state index >= 15 is 0 Å². The number of phenols is 2. The molecule has 0 radical (unpaired) electrons. The first kappa shape index (κ1) is 10.8. The maximum absolute atomic E-state index is 9.71. The van der Waals surface area contributed by atoms with Gasteiger partial charge in [0.15, 0.2) is 0 Å². The lowest BCUT2D eigenvalue weighted by atomic mass is 10.1. The van der Waals surface area contributed by atoms with Crippen molar-refractivity contribution in [1.29, 1.82) is 5.26 Å². The summed E-state index contributed by atoms with van der Waals surface area (Å²) >= 11 is 0. The van der Waals surface area contributed by atoms with E-state index < -0.39 is 0 Å². The highest BCUT2D eigenvalue weighted by Crippen LogP contribution is 2.34. The minimum atomic E-state index is -0.266. The number of aryl methyl sites for hydroxylation is 1. The molecule has 6 heteroatoms. The van der Waals surface area contributed by atoms with E-state index in [0.29, 0.717) is 17.1 Å². The molecule has 2 aromatic rings. The first-order chi connectivity index (χ1) is 8.02. The molecule has 86 valence electrons. The van der Waals surface area contributed by atoms with E-state index in [9.17, 15) is 10.2 Å². The molecule has 0 amide bonds. The predicted molar refractivity (Wildman–Crippen MR) is 61.1 cm³/mol. The lowest BCUT2D eigenvalue weighted by Crippen LogP contribution is -1.96. The van der Waals surface area contributed by atoms with Crippen LogP contribution in [-0.2, 0) is 7.05 Å². The number of nitrogens with zero attached hydrogens (tertiary/aromatic N) is 3. The molecule has 0 unspecified atom stereocenters. The van der Waals surface area contributed by atoms with Crippen LogP contribution >= 0.6 is 0 Å². The minimum absolute atomic E-state index is 0.0713. The van der Waals surface area contributed by atoms with Crippen LogP contribution in [0.15, 0.2) is 18.2 Å². The molecule has 0 spiro atoms. The molecule has 0 fully saturated rings. The fourth-order valence-electron chi connectivity index (χ4n) is 1.49. The van der Waals surface area contributed by atoms with Crippen LogP contribution in [-0.4, -0.2) is 20.0 Å². The van der Waals surface area contributed by atoms with Crippen molar-refractivity contribution in [2.45, 2.75) is 0 Å². The Morgan fingerprint density at radius 1 is 1.29 bits per heavy atom. The molecule has 1 aromatic heterocycles. The average molecular weight is 230 g/mol. The Hall–Kier alpha value is -2.68. The highest BCUT2D eigenvalue weighted by molar-refractivity contribution is 5.72. The predicted octanol–water partition coefficient (Wildman–Crippen LogP) is 0.952. The summed E-state index contributed by atoms with van der Waals surface area (Å²) in [6.07, 6.45) is 0. The van der Waals surface area contributed by atoms with E-state index in [0.717, 1.165) is 6.07 Å². The van der Waals surface area contributed by atoms with E-state index in [1.165, 1.54) is 10.7 Å². The molecule has 4 N–H and O–H groups in total. The van der Waals surface area contributed by atoms with E-state index in [2.05, 4.69) is 5.10 Å². The number of nitrogens with two attached hydrogens (primary N) is 1.